The van der Waals surface area contributed by atoms with Crippen LogP contribution in [-0.4, -0.2) is 73.5 Å². The van der Waals surface area contributed by atoms with Gasteiger partial charge in [-0.05, 0) is 19.4 Å². The van der Waals surface area contributed by atoms with Gasteiger partial charge in [-0.25, -0.2) is 0 Å². The van der Waals surface area contributed by atoms with Gasteiger partial charge in [-0.2, -0.15) is 5.26 Å². The third-order valence-electron chi connectivity index (χ3n) is 3.79. The van der Waals surface area contributed by atoms with E-state index >= 15 is 0 Å². The average Bonchev–Trinajstić information content (AvgIpc) is 2.93. The molecule has 7 nitrogen and oxygen atoms in total. The van der Waals surface area contributed by atoms with Gasteiger partial charge < -0.3 is 15.5 Å². The second-order valence-corrected chi connectivity index (χ2v) is 5.14. The summed E-state index contributed by atoms with van der Waals surface area (Å²) in [6, 6.07) is 1.70. The Labute approximate surface area is 118 Å². The molecule has 2 N–H and O–H groups in total. The maximum atomic E-state index is 12.5. The fourth-order valence-corrected chi connectivity index (χ4v) is 2.77. The minimum atomic E-state index is -0.188. The number of rotatable bonds is 4. The molecule has 2 rings (SSSR count). The smallest absolute Gasteiger partial charge is 0.240 e. The molecule has 2 saturated heterocycles. The number of nitriles is 1. The summed E-state index contributed by atoms with van der Waals surface area (Å²) < 4.78 is 0. The van der Waals surface area contributed by atoms with Crippen molar-refractivity contribution in [1.29, 1.82) is 5.26 Å². The summed E-state index contributed by atoms with van der Waals surface area (Å²) in [5.74, 6) is -0.0522. The predicted octanol–water partition coefficient (Wildman–Crippen LogP) is -1.48. The lowest BCUT2D eigenvalue weighted by molar-refractivity contribution is -0.137. The number of amides is 2. The highest BCUT2D eigenvalue weighted by Gasteiger charge is 2.34. The van der Waals surface area contributed by atoms with Crippen LogP contribution in [-0.2, 0) is 9.59 Å². The van der Waals surface area contributed by atoms with Crippen LogP contribution in [0.5, 0.6) is 0 Å². The van der Waals surface area contributed by atoms with E-state index < -0.39 is 0 Å². The quantitative estimate of drug-likeness (QED) is 0.613. The summed E-state index contributed by atoms with van der Waals surface area (Å²) in [6.45, 7) is 4.13. The van der Waals surface area contributed by atoms with E-state index in [4.69, 9.17) is 5.26 Å². The maximum Gasteiger partial charge on any atom is 0.240 e. The highest BCUT2D eigenvalue weighted by Crippen LogP contribution is 2.19. The molecule has 1 atom stereocenters. The zero-order valence-electron chi connectivity index (χ0n) is 11.6. The Balaban J connectivity index is 1.88. The summed E-state index contributed by atoms with van der Waals surface area (Å²) in [6.07, 6.45) is 1.75. The highest BCUT2D eigenvalue weighted by molar-refractivity contribution is 5.84. The molecule has 2 aliphatic rings. The largest absolute Gasteiger partial charge is 0.342 e. The summed E-state index contributed by atoms with van der Waals surface area (Å²) in [5, 5.41) is 14.2. The number of carbonyl (C=O) groups excluding carboxylic acids is 2. The van der Waals surface area contributed by atoms with Gasteiger partial charge in [0, 0.05) is 26.2 Å². The normalized spacial score (nSPS) is 23.4. The van der Waals surface area contributed by atoms with Crippen LogP contribution in [0.2, 0.25) is 0 Å². The molecule has 7 heteroatoms. The van der Waals surface area contributed by atoms with Crippen LogP contribution >= 0.6 is 0 Å². The monoisotopic (exact) mass is 279 g/mol. The molecule has 0 radical (unpaired) electrons. The number of piperazine rings is 1. The molecule has 0 aliphatic carbocycles. The second-order valence-electron chi connectivity index (χ2n) is 5.14. The van der Waals surface area contributed by atoms with Gasteiger partial charge in [0.15, 0.2) is 0 Å². The van der Waals surface area contributed by atoms with Crippen LogP contribution in [0.25, 0.3) is 0 Å². The minimum absolute atomic E-state index is 0.0169. The van der Waals surface area contributed by atoms with Gasteiger partial charge in [-0.3, -0.25) is 14.5 Å². The Morgan fingerprint density at radius 1 is 1.30 bits per heavy atom. The van der Waals surface area contributed by atoms with Gasteiger partial charge >= 0.3 is 0 Å². The Bertz CT molecular complexity index is 400. The zero-order chi connectivity index (χ0) is 14.4. The predicted molar refractivity (Wildman–Crippen MR) is 72.7 cm³/mol. The summed E-state index contributed by atoms with van der Waals surface area (Å²) in [4.78, 5) is 28.0. The van der Waals surface area contributed by atoms with Crippen molar-refractivity contribution >= 4 is 11.8 Å². The van der Waals surface area contributed by atoms with Crippen molar-refractivity contribution < 1.29 is 9.59 Å². The molecule has 110 valence electrons. The highest BCUT2D eigenvalue weighted by atomic mass is 16.2. The van der Waals surface area contributed by atoms with Gasteiger partial charge in [0.1, 0.15) is 6.54 Å². The zero-order valence-corrected chi connectivity index (χ0v) is 11.6. The molecule has 2 fully saturated rings. The maximum absolute atomic E-state index is 12.5. The lowest BCUT2D eigenvalue weighted by Crippen LogP contribution is -2.53. The molecule has 2 heterocycles. The number of hydrogen-bond donors (Lipinski definition) is 2. The lowest BCUT2D eigenvalue weighted by Gasteiger charge is -2.32. The first-order valence-electron chi connectivity index (χ1n) is 7.09. The summed E-state index contributed by atoms with van der Waals surface area (Å²) >= 11 is 0. The molecule has 0 bridgehead atoms. The van der Waals surface area contributed by atoms with E-state index in [-0.39, 0.29) is 30.9 Å². The summed E-state index contributed by atoms with van der Waals surface area (Å²) in [7, 11) is 0. The third kappa shape index (κ3) is 3.68. The van der Waals surface area contributed by atoms with Crippen molar-refractivity contribution in [2.24, 2.45) is 0 Å². The molecule has 0 aromatic rings. The molecule has 0 aromatic heterocycles. The molecule has 1 unspecified atom stereocenters. The number of likely N-dealkylation sites (tertiary alicyclic amines) is 1. The van der Waals surface area contributed by atoms with E-state index in [1.807, 2.05) is 15.9 Å². The fourth-order valence-electron chi connectivity index (χ4n) is 2.77. The van der Waals surface area contributed by atoms with E-state index in [0.29, 0.717) is 0 Å². The Morgan fingerprint density at radius 3 is 2.75 bits per heavy atom. The van der Waals surface area contributed by atoms with Gasteiger partial charge in [0.05, 0.1) is 18.7 Å². The van der Waals surface area contributed by atoms with Crippen molar-refractivity contribution in [3.63, 3.8) is 0 Å². The first kappa shape index (κ1) is 14.8. The first-order chi connectivity index (χ1) is 9.72. The average molecular weight is 279 g/mol. The Kier molecular flexibility index (Phi) is 5.32. The van der Waals surface area contributed by atoms with Crippen molar-refractivity contribution in [3.05, 3.63) is 0 Å². The number of nitrogens with zero attached hydrogens (tertiary/aromatic N) is 3. The second kappa shape index (κ2) is 7.22. The molecule has 2 aliphatic heterocycles. The van der Waals surface area contributed by atoms with Gasteiger partial charge in [0.2, 0.25) is 11.8 Å². The van der Waals surface area contributed by atoms with Crippen molar-refractivity contribution in [2.75, 3.05) is 45.8 Å². The molecule has 0 aromatic carbocycles. The fraction of sp³-hybridized carbons (Fsp3) is 0.769. The van der Waals surface area contributed by atoms with Gasteiger partial charge in [-0.15, -0.1) is 0 Å². The van der Waals surface area contributed by atoms with Crippen LogP contribution in [0.1, 0.15) is 12.8 Å². The van der Waals surface area contributed by atoms with E-state index in [9.17, 15) is 9.59 Å². The molecule has 0 spiro atoms. The number of hydrogen-bond acceptors (Lipinski definition) is 5. The Morgan fingerprint density at radius 2 is 2.05 bits per heavy atom. The van der Waals surface area contributed by atoms with E-state index in [1.54, 1.807) is 0 Å². The number of carbonyl (C=O) groups is 2. The molecular weight excluding hydrogens is 258 g/mol. The van der Waals surface area contributed by atoms with Crippen molar-refractivity contribution in [2.45, 2.75) is 18.9 Å². The topological polar surface area (TPSA) is 88.5 Å². The standard InChI is InChI=1S/C13H21N5O2/c14-3-4-16-12(19)10-18-7-1-2-11(18)13(20)17-8-5-15-6-9-17/h11,15H,1-2,4-10H2,(H,16,19). The first-order valence-corrected chi connectivity index (χ1v) is 7.09. The van der Waals surface area contributed by atoms with E-state index in [2.05, 4.69) is 10.6 Å². The van der Waals surface area contributed by atoms with Crippen molar-refractivity contribution in [1.82, 2.24) is 20.4 Å². The van der Waals surface area contributed by atoms with Gasteiger partial charge in [0.25, 0.3) is 0 Å². The van der Waals surface area contributed by atoms with Gasteiger partial charge in [-0.1, -0.05) is 0 Å². The minimum Gasteiger partial charge on any atom is -0.342 e. The SMILES string of the molecule is N#CCNC(=O)CN1CCCC1C(=O)N1CCNCC1. The molecular formula is C13H21N5O2. The van der Waals surface area contributed by atoms with Crippen LogP contribution in [0.3, 0.4) is 0 Å². The molecule has 2 amide bonds. The van der Waals surface area contributed by atoms with Crippen LogP contribution in [0.15, 0.2) is 0 Å². The molecule has 20 heavy (non-hydrogen) atoms. The number of nitrogens with one attached hydrogen (secondary N) is 2. The van der Waals surface area contributed by atoms with E-state index in [0.717, 1.165) is 45.6 Å². The summed E-state index contributed by atoms with van der Waals surface area (Å²) in [5.41, 5.74) is 0. The van der Waals surface area contributed by atoms with Crippen LogP contribution < -0.4 is 10.6 Å². The molecule has 0 saturated carbocycles. The third-order valence-corrected chi connectivity index (χ3v) is 3.79. The van der Waals surface area contributed by atoms with Crippen molar-refractivity contribution in [3.8, 4) is 6.07 Å². The lowest BCUT2D eigenvalue weighted by atomic mass is 10.1. The van der Waals surface area contributed by atoms with Crippen LogP contribution in [0, 0.1) is 11.3 Å². The Hall–Kier alpha value is -1.65. The van der Waals surface area contributed by atoms with E-state index in [1.165, 1.54) is 0 Å². The van der Waals surface area contributed by atoms with Crippen LogP contribution in [0.4, 0.5) is 0 Å².